The molecule has 0 radical (unpaired) electrons. The molecule has 4 nitrogen and oxygen atoms in total. The molecular formula is C14H12ClNO3. The summed E-state index contributed by atoms with van der Waals surface area (Å²) in [4.78, 5) is 14.8. The number of pyridine rings is 1. The molecule has 1 aromatic carbocycles. The Labute approximate surface area is 115 Å². The van der Waals surface area contributed by atoms with Crippen LogP contribution in [0.3, 0.4) is 0 Å². The summed E-state index contributed by atoms with van der Waals surface area (Å²) >= 11 is 6.08. The number of esters is 1. The van der Waals surface area contributed by atoms with Gasteiger partial charge in [0, 0.05) is 18.5 Å². The van der Waals surface area contributed by atoms with Gasteiger partial charge in [-0.15, -0.1) is 0 Å². The fraction of sp³-hybridized carbons (Fsp3) is 0.143. The van der Waals surface area contributed by atoms with Crippen molar-refractivity contribution in [1.29, 1.82) is 0 Å². The van der Waals surface area contributed by atoms with Crippen molar-refractivity contribution in [1.82, 2.24) is 4.98 Å². The molecule has 0 atom stereocenters. The second-order valence-electron chi connectivity index (χ2n) is 3.74. The molecule has 0 fully saturated rings. The molecule has 1 aromatic heterocycles. The Hall–Kier alpha value is -2.07. The molecule has 2 rings (SSSR count). The molecule has 0 bridgehead atoms. The highest BCUT2D eigenvalue weighted by Crippen LogP contribution is 2.29. The van der Waals surface area contributed by atoms with Crippen molar-refractivity contribution in [2.75, 3.05) is 6.61 Å². The highest BCUT2D eigenvalue weighted by Gasteiger charge is 2.05. The number of halogens is 1. The molecule has 0 amide bonds. The van der Waals surface area contributed by atoms with Crippen LogP contribution >= 0.6 is 11.6 Å². The summed E-state index contributed by atoms with van der Waals surface area (Å²) in [7, 11) is 0. The molecule has 0 spiro atoms. The van der Waals surface area contributed by atoms with Gasteiger partial charge in [0.15, 0.2) is 5.75 Å². The molecule has 0 saturated carbocycles. The van der Waals surface area contributed by atoms with E-state index in [-0.39, 0.29) is 12.6 Å². The van der Waals surface area contributed by atoms with Crippen molar-refractivity contribution >= 4 is 28.5 Å². The van der Waals surface area contributed by atoms with Gasteiger partial charge in [-0.1, -0.05) is 11.6 Å². The quantitative estimate of drug-likeness (QED) is 0.635. The van der Waals surface area contributed by atoms with Gasteiger partial charge < -0.3 is 9.47 Å². The first-order valence-corrected chi connectivity index (χ1v) is 6.04. The van der Waals surface area contributed by atoms with Crippen LogP contribution in [0.4, 0.5) is 0 Å². The minimum absolute atomic E-state index is 0.175. The van der Waals surface area contributed by atoms with E-state index in [1.165, 1.54) is 13.2 Å². The number of carbonyl (C=O) groups is 1. The van der Waals surface area contributed by atoms with Gasteiger partial charge in [0.2, 0.25) is 0 Å². The van der Waals surface area contributed by atoms with Crippen LogP contribution in [0, 0.1) is 0 Å². The first-order valence-electron chi connectivity index (χ1n) is 5.67. The van der Waals surface area contributed by atoms with Crippen molar-refractivity contribution < 1.29 is 14.3 Å². The molecule has 0 N–H and O–H groups in total. The molecule has 0 aliphatic carbocycles. The van der Waals surface area contributed by atoms with E-state index >= 15 is 0 Å². The van der Waals surface area contributed by atoms with Crippen LogP contribution in [-0.4, -0.2) is 17.6 Å². The number of hydrogen-bond acceptors (Lipinski definition) is 4. The molecule has 0 aliphatic heterocycles. The van der Waals surface area contributed by atoms with E-state index in [0.717, 1.165) is 5.39 Å². The maximum Gasteiger partial charge on any atom is 0.302 e. The van der Waals surface area contributed by atoms with Crippen LogP contribution in [0.5, 0.6) is 5.75 Å². The summed E-state index contributed by atoms with van der Waals surface area (Å²) in [5.41, 5.74) is 0.687. The Kier molecular flexibility index (Phi) is 4.36. The highest BCUT2D eigenvalue weighted by molar-refractivity contribution is 6.35. The number of ether oxygens (including phenoxy) is 2. The molecule has 5 heteroatoms. The topological polar surface area (TPSA) is 48.4 Å². The fourth-order valence-corrected chi connectivity index (χ4v) is 1.75. The Morgan fingerprint density at radius 3 is 3.05 bits per heavy atom. The Balaban J connectivity index is 2.13. The lowest BCUT2D eigenvalue weighted by Gasteiger charge is -2.05. The number of nitrogens with zero attached hydrogens (tertiary/aromatic N) is 1. The third kappa shape index (κ3) is 3.45. The second-order valence-corrected chi connectivity index (χ2v) is 4.14. The molecule has 2 aromatic rings. The Bertz CT molecular complexity index is 625. The predicted octanol–water partition coefficient (Wildman–Crippen LogP) is 3.34. The lowest BCUT2D eigenvalue weighted by Crippen LogP contribution is -1.98. The van der Waals surface area contributed by atoms with Crippen LogP contribution in [0.2, 0.25) is 5.02 Å². The van der Waals surface area contributed by atoms with Gasteiger partial charge in [-0.3, -0.25) is 9.78 Å². The third-order valence-corrected chi connectivity index (χ3v) is 2.68. The van der Waals surface area contributed by atoms with E-state index in [4.69, 9.17) is 21.1 Å². The second kappa shape index (κ2) is 6.20. The van der Waals surface area contributed by atoms with Gasteiger partial charge in [-0.25, -0.2) is 0 Å². The highest BCUT2D eigenvalue weighted by atomic mass is 35.5. The third-order valence-electron chi connectivity index (χ3n) is 2.35. The van der Waals surface area contributed by atoms with Gasteiger partial charge in [0.25, 0.3) is 0 Å². The minimum atomic E-state index is -0.330. The summed E-state index contributed by atoms with van der Waals surface area (Å²) in [6.07, 6.45) is 4.74. The van der Waals surface area contributed by atoms with E-state index in [2.05, 4.69) is 4.98 Å². The van der Waals surface area contributed by atoms with E-state index in [1.54, 1.807) is 24.4 Å². The molecule has 1 heterocycles. The van der Waals surface area contributed by atoms with Crippen molar-refractivity contribution in [3.05, 3.63) is 47.8 Å². The van der Waals surface area contributed by atoms with Gasteiger partial charge >= 0.3 is 5.97 Å². The first kappa shape index (κ1) is 13.4. The molecule has 0 saturated heterocycles. The average Bonchev–Trinajstić information content (AvgIpc) is 2.41. The standard InChI is InChI=1S/C14H12ClNO3/c1-10(17)18-8-3-9-19-13-6-5-12(15)11-4-2-7-16-14(11)13/h2-7,9H,8H2,1H3. The van der Waals surface area contributed by atoms with Crippen LogP contribution < -0.4 is 4.74 Å². The summed E-state index contributed by atoms with van der Waals surface area (Å²) in [5, 5.41) is 1.45. The Morgan fingerprint density at radius 2 is 2.26 bits per heavy atom. The number of hydrogen-bond donors (Lipinski definition) is 0. The van der Waals surface area contributed by atoms with E-state index in [9.17, 15) is 4.79 Å². The number of carbonyl (C=O) groups excluding carboxylic acids is 1. The van der Waals surface area contributed by atoms with Gasteiger partial charge in [0.1, 0.15) is 12.1 Å². The van der Waals surface area contributed by atoms with Gasteiger partial charge in [-0.2, -0.15) is 0 Å². The molecule has 19 heavy (non-hydrogen) atoms. The molecule has 0 unspecified atom stereocenters. The normalized spacial score (nSPS) is 10.8. The summed E-state index contributed by atoms with van der Waals surface area (Å²) in [6, 6.07) is 7.18. The van der Waals surface area contributed by atoms with Crippen LogP contribution in [0.15, 0.2) is 42.8 Å². The Morgan fingerprint density at radius 1 is 1.42 bits per heavy atom. The zero-order valence-corrected chi connectivity index (χ0v) is 11.1. The monoisotopic (exact) mass is 277 g/mol. The van der Waals surface area contributed by atoms with Crippen molar-refractivity contribution in [3.63, 3.8) is 0 Å². The molecule has 98 valence electrons. The zero-order valence-electron chi connectivity index (χ0n) is 10.3. The van der Waals surface area contributed by atoms with Crippen LogP contribution in [0.1, 0.15) is 6.92 Å². The lowest BCUT2D eigenvalue weighted by molar-refractivity contribution is -0.139. The van der Waals surface area contributed by atoms with Crippen molar-refractivity contribution in [2.24, 2.45) is 0 Å². The average molecular weight is 278 g/mol. The van der Waals surface area contributed by atoms with Crippen molar-refractivity contribution in [2.45, 2.75) is 6.92 Å². The summed E-state index contributed by atoms with van der Waals surface area (Å²) < 4.78 is 10.2. The lowest BCUT2D eigenvalue weighted by atomic mass is 10.2. The van der Waals surface area contributed by atoms with Gasteiger partial charge in [-0.05, 0) is 30.3 Å². The number of aromatic nitrogens is 1. The number of fused-ring (bicyclic) bond motifs is 1. The smallest absolute Gasteiger partial charge is 0.302 e. The van der Waals surface area contributed by atoms with E-state index in [1.807, 2.05) is 12.1 Å². The molecular weight excluding hydrogens is 266 g/mol. The van der Waals surface area contributed by atoms with Gasteiger partial charge in [0.05, 0.1) is 11.3 Å². The van der Waals surface area contributed by atoms with E-state index in [0.29, 0.717) is 16.3 Å². The maximum atomic E-state index is 10.6. The minimum Gasteiger partial charge on any atom is -0.463 e. The predicted molar refractivity (Wildman–Crippen MR) is 73.2 cm³/mol. The first-order chi connectivity index (χ1) is 9.18. The number of benzene rings is 1. The largest absolute Gasteiger partial charge is 0.463 e. The SMILES string of the molecule is CC(=O)OCC=COc1ccc(Cl)c2cccnc12. The summed E-state index contributed by atoms with van der Waals surface area (Å²) in [6.45, 7) is 1.53. The fourth-order valence-electron chi connectivity index (χ4n) is 1.53. The number of rotatable bonds is 4. The zero-order chi connectivity index (χ0) is 13.7. The maximum absolute atomic E-state index is 10.6. The summed E-state index contributed by atoms with van der Waals surface area (Å²) in [5.74, 6) is 0.266. The van der Waals surface area contributed by atoms with Crippen LogP contribution in [-0.2, 0) is 9.53 Å². The van der Waals surface area contributed by atoms with E-state index < -0.39 is 0 Å². The van der Waals surface area contributed by atoms with Crippen LogP contribution in [0.25, 0.3) is 10.9 Å². The molecule has 0 aliphatic rings. The van der Waals surface area contributed by atoms with Crippen molar-refractivity contribution in [3.8, 4) is 5.75 Å².